The summed E-state index contributed by atoms with van der Waals surface area (Å²) < 4.78 is 5.55. The number of ether oxygens (including phenoxy) is 1. The monoisotopic (exact) mass is 244 g/mol. The van der Waals surface area contributed by atoms with E-state index in [1.807, 2.05) is 12.1 Å². The number of ketones is 1. The molecule has 0 amide bonds. The zero-order valence-electron chi connectivity index (χ0n) is 10.7. The standard InChI is InChI=1S/C16H20O2/c17-16(15-6-1-2-11-18-15)14-9-7-13(8-10-14)12-4-3-5-12/h7-10,12,15H,1-6,11H2. The molecule has 1 aliphatic heterocycles. The smallest absolute Gasteiger partial charge is 0.191 e. The molecule has 2 aliphatic rings. The second-order valence-electron chi connectivity index (χ2n) is 5.47. The van der Waals surface area contributed by atoms with Gasteiger partial charge in [0.1, 0.15) is 6.10 Å². The fraction of sp³-hybridized carbons (Fsp3) is 0.562. The van der Waals surface area contributed by atoms with Crippen molar-refractivity contribution in [3.63, 3.8) is 0 Å². The number of hydrogen-bond acceptors (Lipinski definition) is 2. The van der Waals surface area contributed by atoms with Crippen molar-refractivity contribution in [2.75, 3.05) is 6.61 Å². The number of carbonyl (C=O) groups is 1. The Morgan fingerprint density at radius 1 is 1.00 bits per heavy atom. The second kappa shape index (κ2) is 5.23. The van der Waals surface area contributed by atoms with E-state index >= 15 is 0 Å². The second-order valence-corrected chi connectivity index (χ2v) is 5.47. The molecule has 0 N–H and O–H groups in total. The molecule has 0 bridgehead atoms. The van der Waals surface area contributed by atoms with Crippen LogP contribution < -0.4 is 0 Å². The molecule has 0 radical (unpaired) electrons. The first kappa shape index (κ1) is 11.9. The van der Waals surface area contributed by atoms with E-state index in [1.54, 1.807) is 0 Å². The van der Waals surface area contributed by atoms with Gasteiger partial charge in [-0.05, 0) is 43.6 Å². The maximum absolute atomic E-state index is 12.2. The normalized spacial score (nSPS) is 24.6. The zero-order chi connectivity index (χ0) is 12.4. The van der Waals surface area contributed by atoms with Crippen LogP contribution >= 0.6 is 0 Å². The Morgan fingerprint density at radius 3 is 2.33 bits per heavy atom. The lowest BCUT2D eigenvalue weighted by molar-refractivity contribution is 0.0186. The molecule has 0 spiro atoms. The van der Waals surface area contributed by atoms with Gasteiger partial charge < -0.3 is 4.74 Å². The highest BCUT2D eigenvalue weighted by Gasteiger charge is 2.24. The molecule has 2 nitrogen and oxygen atoms in total. The molecule has 18 heavy (non-hydrogen) atoms. The van der Waals surface area contributed by atoms with Crippen molar-refractivity contribution < 1.29 is 9.53 Å². The van der Waals surface area contributed by atoms with Crippen LogP contribution in [-0.2, 0) is 4.74 Å². The van der Waals surface area contributed by atoms with Crippen LogP contribution in [0.3, 0.4) is 0 Å². The lowest BCUT2D eigenvalue weighted by Crippen LogP contribution is -2.28. The van der Waals surface area contributed by atoms with Crippen molar-refractivity contribution in [1.29, 1.82) is 0 Å². The molecule has 1 aromatic carbocycles. The average Bonchev–Trinajstić information content (AvgIpc) is 2.38. The first-order valence-electron chi connectivity index (χ1n) is 7.10. The molecular formula is C16H20O2. The van der Waals surface area contributed by atoms with Crippen LogP contribution in [0.25, 0.3) is 0 Å². The van der Waals surface area contributed by atoms with Crippen LogP contribution in [0.2, 0.25) is 0 Å². The molecule has 1 saturated carbocycles. The minimum absolute atomic E-state index is 0.162. The molecule has 0 aromatic heterocycles. The molecular weight excluding hydrogens is 224 g/mol. The summed E-state index contributed by atoms with van der Waals surface area (Å²) in [4.78, 5) is 12.2. The van der Waals surface area contributed by atoms with E-state index in [0.29, 0.717) is 0 Å². The molecule has 1 atom stereocenters. The summed E-state index contributed by atoms with van der Waals surface area (Å²) in [5, 5.41) is 0. The lowest BCUT2D eigenvalue weighted by Gasteiger charge is -2.26. The van der Waals surface area contributed by atoms with E-state index in [9.17, 15) is 4.79 Å². The first-order valence-corrected chi connectivity index (χ1v) is 7.10. The van der Waals surface area contributed by atoms with Gasteiger partial charge in [0.15, 0.2) is 5.78 Å². The first-order chi connectivity index (χ1) is 8.84. The molecule has 1 aromatic rings. The highest BCUT2D eigenvalue weighted by atomic mass is 16.5. The molecule has 1 unspecified atom stereocenters. The maximum Gasteiger partial charge on any atom is 0.191 e. The summed E-state index contributed by atoms with van der Waals surface area (Å²) >= 11 is 0. The van der Waals surface area contributed by atoms with Gasteiger partial charge in [0.05, 0.1) is 0 Å². The number of Topliss-reactive ketones (excluding diaryl/α,β-unsaturated/α-hetero) is 1. The van der Waals surface area contributed by atoms with E-state index in [0.717, 1.165) is 37.4 Å². The minimum Gasteiger partial charge on any atom is -0.370 e. The Morgan fingerprint density at radius 2 is 1.78 bits per heavy atom. The van der Waals surface area contributed by atoms with E-state index in [2.05, 4.69) is 12.1 Å². The number of hydrogen-bond donors (Lipinski definition) is 0. The van der Waals surface area contributed by atoms with Crippen molar-refractivity contribution in [1.82, 2.24) is 0 Å². The highest BCUT2D eigenvalue weighted by Crippen LogP contribution is 2.36. The SMILES string of the molecule is O=C(c1ccc(C2CCC2)cc1)C1CCCCO1. The quantitative estimate of drug-likeness (QED) is 0.758. The van der Waals surface area contributed by atoms with E-state index in [-0.39, 0.29) is 11.9 Å². The molecule has 1 heterocycles. The lowest BCUT2D eigenvalue weighted by atomic mass is 9.80. The third-order valence-electron chi connectivity index (χ3n) is 4.24. The summed E-state index contributed by atoms with van der Waals surface area (Å²) in [6.07, 6.45) is 6.83. The summed E-state index contributed by atoms with van der Waals surface area (Å²) in [6.45, 7) is 0.733. The molecule has 96 valence electrons. The third kappa shape index (κ3) is 2.35. The Kier molecular flexibility index (Phi) is 3.46. The van der Waals surface area contributed by atoms with Gasteiger partial charge in [0, 0.05) is 12.2 Å². The van der Waals surface area contributed by atoms with Gasteiger partial charge >= 0.3 is 0 Å². The summed E-state index contributed by atoms with van der Waals surface area (Å²) in [5.41, 5.74) is 2.20. The van der Waals surface area contributed by atoms with Gasteiger partial charge in [-0.25, -0.2) is 0 Å². The molecule has 1 saturated heterocycles. The Labute approximate surface area is 108 Å². The van der Waals surface area contributed by atoms with Crippen molar-refractivity contribution in [2.24, 2.45) is 0 Å². The molecule has 3 rings (SSSR count). The van der Waals surface area contributed by atoms with Gasteiger partial charge in [-0.1, -0.05) is 30.7 Å². The largest absolute Gasteiger partial charge is 0.370 e. The van der Waals surface area contributed by atoms with Crippen molar-refractivity contribution >= 4 is 5.78 Å². The fourth-order valence-electron chi connectivity index (χ4n) is 2.79. The van der Waals surface area contributed by atoms with Crippen molar-refractivity contribution in [3.8, 4) is 0 Å². The molecule has 2 heteroatoms. The van der Waals surface area contributed by atoms with Gasteiger partial charge in [0.2, 0.25) is 0 Å². The van der Waals surface area contributed by atoms with E-state index < -0.39 is 0 Å². The van der Waals surface area contributed by atoms with Gasteiger partial charge in [0.25, 0.3) is 0 Å². The maximum atomic E-state index is 12.2. The van der Waals surface area contributed by atoms with Gasteiger partial charge in [-0.15, -0.1) is 0 Å². The van der Waals surface area contributed by atoms with Crippen LogP contribution in [0.1, 0.15) is 60.4 Å². The molecule has 1 aliphatic carbocycles. The highest BCUT2D eigenvalue weighted by molar-refractivity contribution is 5.99. The Balaban J connectivity index is 1.69. The Bertz CT molecular complexity index is 411. The Hall–Kier alpha value is -1.15. The fourth-order valence-corrected chi connectivity index (χ4v) is 2.79. The van der Waals surface area contributed by atoms with Crippen molar-refractivity contribution in [2.45, 2.75) is 50.5 Å². The van der Waals surface area contributed by atoms with Gasteiger partial charge in [-0.3, -0.25) is 4.79 Å². The van der Waals surface area contributed by atoms with Crippen LogP contribution in [0.4, 0.5) is 0 Å². The average molecular weight is 244 g/mol. The van der Waals surface area contributed by atoms with E-state index in [4.69, 9.17) is 4.74 Å². The predicted molar refractivity (Wildman–Crippen MR) is 71.0 cm³/mol. The zero-order valence-corrected chi connectivity index (χ0v) is 10.7. The third-order valence-corrected chi connectivity index (χ3v) is 4.24. The van der Waals surface area contributed by atoms with Crippen LogP contribution in [0.5, 0.6) is 0 Å². The minimum atomic E-state index is -0.201. The summed E-state index contributed by atoms with van der Waals surface area (Å²) in [5.74, 6) is 0.898. The number of rotatable bonds is 3. The van der Waals surface area contributed by atoms with Crippen molar-refractivity contribution in [3.05, 3.63) is 35.4 Å². The number of benzene rings is 1. The van der Waals surface area contributed by atoms with Crippen LogP contribution in [0.15, 0.2) is 24.3 Å². The summed E-state index contributed by atoms with van der Waals surface area (Å²) in [6, 6.07) is 8.21. The predicted octanol–water partition coefficient (Wildman–Crippen LogP) is 3.71. The van der Waals surface area contributed by atoms with Crippen LogP contribution in [-0.4, -0.2) is 18.5 Å². The summed E-state index contributed by atoms with van der Waals surface area (Å²) in [7, 11) is 0. The van der Waals surface area contributed by atoms with Gasteiger partial charge in [-0.2, -0.15) is 0 Å². The van der Waals surface area contributed by atoms with Crippen LogP contribution in [0, 0.1) is 0 Å². The molecule has 2 fully saturated rings. The van der Waals surface area contributed by atoms with E-state index in [1.165, 1.54) is 24.8 Å². The number of carbonyl (C=O) groups excluding carboxylic acids is 1. The topological polar surface area (TPSA) is 26.3 Å².